The summed E-state index contributed by atoms with van der Waals surface area (Å²) < 4.78 is 0. The topological polar surface area (TPSA) is 79.5 Å². The monoisotopic (exact) mass is 394 g/mol. The third-order valence-corrected chi connectivity index (χ3v) is 5.45. The van der Waals surface area contributed by atoms with Gasteiger partial charge in [-0.3, -0.25) is 14.6 Å². The molecule has 2 aromatic rings. The third kappa shape index (κ3) is 5.64. The predicted molar refractivity (Wildman–Crippen MR) is 114 cm³/mol. The van der Waals surface area contributed by atoms with Gasteiger partial charge in [0.25, 0.3) is 0 Å². The van der Waals surface area contributed by atoms with E-state index in [0.717, 1.165) is 36.2 Å². The predicted octanol–water partition coefficient (Wildman–Crippen LogP) is 2.34. The van der Waals surface area contributed by atoms with Crippen molar-refractivity contribution in [3.63, 3.8) is 0 Å². The molecule has 29 heavy (non-hydrogen) atoms. The van der Waals surface area contributed by atoms with Gasteiger partial charge in [-0.05, 0) is 30.0 Å². The molecular weight excluding hydrogens is 364 g/mol. The van der Waals surface area contributed by atoms with Crippen LogP contribution < -0.4 is 5.73 Å². The van der Waals surface area contributed by atoms with Gasteiger partial charge in [0, 0.05) is 57.1 Å². The first-order valence-electron chi connectivity index (χ1n) is 10.4. The molecule has 0 bridgehead atoms. The smallest absolute Gasteiger partial charge is 0.227 e. The summed E-state index contributed by atoms with van der Waals surface area (Å²) in [5.41, 5.74) is 8.66. The van der Waals surface area contributed by atoms with Crippen LogP contribution in [0.2, 0.25) is 0 Å². The summed E-state index contributed by atoms with van der Waals surface area (Å²) in [5.74, 6) is -0.242. The Morgan fingerprint density at radius 2 is 2.00 bits per heavy atom. The van der Waals surface area contributed by atoms with Gasteiger partial charge < -0.3 is 15.5 Å². The molecule has 0 spiro atoms. The first-order valence-corrected chi connectivity index (χ1v) is 10.4. The van der Waals surface area contributed by atoms with E-state index in [0.29, 0.717) is 32.5 Å². The molecule has 1 unspecified atom stereocenters. The summed E-state index contributed by atoms with van der Waals surface area (Å²) in [5, 5.41) is 0. The van der Waals surface area contributed by atoms with Crippen LogP contribution in [-0.4, -0.2) is 59.3 Å². The lowest BCUT2D eigenvalue weighted by atomic mass is 9.91. The number of pyridine rings is 1. The summed E-state index contributed by atoms with van der Waals surface area (Å²) in [6.07, 6.45) is 5.54. The largest absolute Gasteiger partial charge is 0.370 e. The number of nitrogens with zero attached hydrogens (tertiary/aromatic N) is 3. The third-order valence-electron chi connectivity index (χ3n) is 5.45. The summed E-state index contributed by atoms with van der Waals surface area (Å²) in [7, 11) is 0. The molecule has 1 aromatic heterocycles. The molecule has 6 heteroatoms. The molecule has 2 amide bonds. The number of rotatable bonds is 8. The van der Waals surface area contributed by atoms with E-state index in [4.69, 9.17) is 5.73 Å². The summed E-state index contributed by atoms with van der Waals surface area (Å²) in [6, 6.07) is 12.2. The van der Waals surface area contributed by atoms with E-state index in [2.05, 4.69) is 28.9 Å². The number of nitrogens with two attached hydrogens (primary N) is 1. The van der Waals surface area contributed by atoms with Crippen LogP contribution in [0.3, 0.4) is 0 Å². The maximum atomic E-state index is 13.3. The van der Waals surface area contributed by atoms with E-state index in [-0.39, 0.29) is 17.7 Å². The number of aromatic nitrogens is 1. The van der Waals surface area contributed by atoms with E-state index in [1.54, 1.807) is 6.20 Å². The second-order valence-corrected chi connectivity index (χ2v) is 7.64. The fraction of sp³-hybridized carbons (Fsp3) is 0.435. The van der Waals surface area contributed by atoms with Crippen LogP contribution in [0.15, 0.2) is 48.8 Å². The van der Waals surface area contributed by atoms with Gasteiger partial charge >= 0.3 is 0 Å². The van der Waals surface area contributed by atoms with E-state index < -0.39 is 0 Å². The van der Waals surface area contributed by atoms with Gasteiger partial charge in [-0.1, -0.05) is 37.3 Å². The summed E-state index contributed by atoms with van der Waals surface area (Å²) >= 11 is 0. The molecule has 1 atom stereocenters. The number of carbonyl (C=O) groups excluding carboxylic acids is 2. The van der Waals surface area contributed by atoms with Crippen molar-refractivity contribution in [2.45, 2.75) is 26.2 Å². The molecule has 3 rings (SSSR count). The lowest BCUT2D eigenvalue weighted by molar-refractivity contribution is -0.134. The van der Waals surface area contributed by atoms with Crippen molar-refractivity contribution in [2.75, 3.05) is 32.7 Å². The Balaban J connectivity index is 1.84. The van der Waals surface area contributed by atoms with Gasteiger partial charge in [-0.25, -0.2) is 0 Å². The Kier molecular flexibility index (Phi) is 7.36. The molecule has 1 aliphatic heterocycles. The minimum atomic E-state index is -0.301. The van der Waals surface area contributed by atoms with E-state index >= 15 is 0 Å². The zero-order valence-corrected chi connectivity index (χ0v) is 17.1. The van der Waals surface area contributed by atoms with E-state index in [1.165, 1.54) is 0 Å². The molecule has 154 valence electrons. The zero-order chi connectivity index (χ0) is 20.6. The SMILES string of the molecule is CCCN1CCN(CCC(N)=O)CC(Cc2ccccc2-c2cccnc2)C1=O. The standard InChI is InChI=1S/C23H30N4O2/c1-2-11-27-14-13-26(12-9-22(24)28)17-20(23(27)29)15-18-6-3-4-8-21(18)19-7-5-10-25-16-19/h3-8,10,16,20H,2,9,11-15,17H2,1H3,(H2,24,28). The molecular formula is C23H30N4O2. The second kappa shape index (κ2) is 10.2. The number of hydrogen-bond acceptors (Lipinski definition) is 4. The van der Waals surface area contributed by atoms with Gasteiger partial charge in [0.1, 0.15) is 0 Å². The maximum absolute atomic E-state index is 13.3. The van der Waals surface area contributed by atoms with Crippen LogP contribution in [-0.2, 0) is 16.0 Å². The van der Waals surface area contributed by atoms with Crippen molar-refractivity contribution in [3.05, 3.63) is 54.4 Å². The highest BCUT2D eigenvalue weighted by Crippen LogP contribution is 2.26. The van der Waals surface area contributed by atoms with Crippen molar-refractivity contribution in [3.8, 4) is 11.1 Å². The Labute approximate surface area is 172 Å². The Bertz CT molecular complexity index is 825. The van der Waals surface area contributed by atoms with Gasteiger partial charge in [0.15, 0.2) is 0 Å². The average molecular weight is 395 g/mol. The number of amides is 2. The number of primary amides is 1. The summed E-state index contributed by atoms with van der Waals surface area (Å²) in [6.45, 7) is 5.59. The van der Waals surface area contributed by atoms with Gasteiger partial charge in [0.05, 0.1) is 5.92 Å². The van der Waals surface area contributed by atoms with Gasteiger partial charge in [-0.2, -0.15) is 0 Å². The quantitative estimate of drug-likeness (QED) is 0.745. The highest BCUT2D eigenvalue weighted by molar-refractivity contribution is 5.80. The Morgan fingerprint density at radius 3 is 2.72 bits per heavy atom. The zero-order valence-electron chi connectivity index (χ0n) is 17.1. The minimum Gasteiger partial charge on any atom is -0.370 e. The van der Waals surface area contributed by atoms with Crippen LogP contribution in [0.4, 0.5) is 0 Å². The molecule has 0 aliphatic carbocycles. The highest BCUT2D eigenvalue weighted by Gasteiger charge is 2.30. The molecule has 2 N–H and O–H groups in total. The van der Waals surface area contributed by atoms with Crippen molar-refractivity contribution in [1.82, 2.24) is 14.8 Å². The first kappa shape index (κ1) is 21.0. The molecule has 1 saturated heterocycles. The number of carbonyl (C=O) groups is 2. The molecule has 6 nitrogen and oxygen atoms in total. The lowest BCUT2D eigenvalue weighted by Crippen LogP contribution is -2.38. The molecule has 1 fully saturated rings. The van der Waals surface area contributed by atoms with Crippen LogP contribution in [0.25, 0.3) is 11.1 Å². The highest BCUT2D eigenvalue weighted by atomic mass is 16.2. The fourth-order valence-corrected chi connectivity index (χ4v) is 3.99. The van der Waals surface area contributed by atoms with Gasteiger partial charge in [-0.15, -0.1) is 0 Å². The van der Waals surface area contributed by atoms with Gasteiger partial charge in [0.2, 0.25) is 11.8 Å². The van der Waals surface area contributed by atoms with Crippen molar-refractivity contribution >= 4 is 11.8 Å². The van der Waals surface area contributed by atoms with Crippen molar-refractivity contribution in [2.24, 2.45) is 11.7 Å². The number of benzene rings is 1. The van der Waals surface area contributed by atoms with E-state index in [9.17, 15) is 9.59 Å². The second-order valence-electron chi connectivity index (χ2n) is 7.64. The average Bonchev–Trinajstić information content (AvgIpc) is 2.87. The van der Waals surface area contributed by atoms with E-state index in [1.807, 2.05) is 35.4 Å². The van der Waals surface area contributed by atoms with Crippen LogP contribution in [0.1, 0.15) is 25.3 Å². The minimum absolute atomic E-state index is 0.144. The molecule has 0 saturated carbocycles. The van der Waals surface area contributed by atoms with Crippen LogP contribution in [0, 0.1) is 5.92 Å². The first-order chi connectivity index (χ1) is 14.1. The Hall–Kier alpha value is -2.73. The molecule has 1 aliphatic rings. The molecule has 0 radical (unpaired) electrons. The maximum Gasteiger partial charge on any atom is 0.227 e. The number of hydrogen-bond donors (Lipinski definition) is 1. The fourth-order valence-electron chi connectivity index (χ4n) is 3.99. The molecule has 1 aromatic carbocycles. The lowest BCUT2D eigenvalue weighted by Gasteiger charge is -2.24. The molecule has 2 heterocycles. The van der Waals surface area contributed by atoms with Crippen molar-refractivity contribution in [1.29, 1.82) is 0 Å². The van der Waals surface area contributed by atoms with Crippen molar-refractivity contribution < 1.29 is 9.59 Å². The summed E-state index contributed by atoms with van der Waals surface area (Å²) in [4.78, 5) is 32.9. The van der Waals surface area contributed by atoms with Crippen LogP contribution in [0.5, 0.6) is 0 Å². The van der Waals surface area contributed by atoms with Crippen LogP contribution >= 0.6 is 0 Å². The normalized spacial score (nSPS) is 17.9. The Morgan fingerprint density at radius 1 is 1.17 bits per heavy atom.